The molecule has 0 unspecified atom stereocenters. The van der Waals surface area contributed by atoms with Gasteiger partial charge in [-0.1, -0.05) is 30.3 Å². The number of nitrogens with zero attached hydrogens (tertiary/aromatic N) is 3. The fourth-order valence-corrected chi connectivity index (χ4v) is 2.86. The summed E-state index contributed by atoms with van der Waals surface area (Å²) in [4.78, 5) is 5.47. The molecule has 0 amide bonds. The van der Waals surface area contributed by atoms with Crippen LogP contribution in [-0.4, -0.2) is 19.7 Å². The van der Waals surface area contributed by atoms with Gasteiger partial charge in [0.1, 0.15) is 0 Å². The zero-order valence-corrected chi connectivity index (χ0v) is 12.0. The third-order valence-electron chi connectivity index (χ3n) is 2.94. The number of hydrogen-bond acceptors (Lipinski definition) is 4. The summed E-state index contributed by atoms with van der Waals surface area (Å²) >= 11 is 6.96. The van der Waals surface area contributed by atoms with Crippen LogP contribution in [0.25, 0.3) is 11.4 Å². The highest BCUT2D eigenvalue weighted by molar-refractivity contribution is 7.71. The minimum absolute atomic E-state index is 0.631. The Labute approximate surface area is 119 Å². The molecule has 0 spiro atoms. The van der Waals surface area contributed by atoms with Crippen LogP contribution in [0.5, 0.6) is 0 Å². The number of aromatic amines is 1. The van der Waals surface area contributed by atoms with Crippen molar-refractivity contribution < 1.29 is 0 Å². The van der Waals surface area contributed by atoms with Gasteiger partial charge in [-0.3, -0.25) is 9.67 Å². The zero-order valence-electron chi connectivity index (χ0n) is 10.3. The highest BCUT2D eigenvalue weighted by atomic mass is 32.1. The number of thiazole rings is 1. The van der Waals surface area contributed by atoms with Gasteiger partial charge in [0, 0.05) is 10.4 Å². The maximum atomic E-state index is 5.32. The van der Waals surface area contributed by atoms with Gasteiger partial charge in [-0.05, 0) is 19.1 Å². The number of aryl methyl sites for hydroxylation is 1. The molecule has 1 aromatic carbocycles. The summed E-state index contributed by atoms with van der Waals surface area (Å²) in [7, 11) is 0. The molecule has 0 saturated heterocycles. The van der Waals surface area contributed by atoms with Crippen LogP contribution >= 0.6 is 23.6 Å². The summed E-state index contributed by atoms with van der Waals surface area (Å²) < 4.78 is 2.64. The van der Waals surface area contributed by atoms with Crippen molar-refractivity contribution in [1.82, 2.24) is 19.7 Å². The summed E-state index contributed by atoms with van der Waals surface area (Å²) in [5.74, 6) is 0.860. The van der Waals surface area contributed by atoms with Crippen LogP contribution in [-0.2, 0) is 6.54 Å². The minimum atomic E-state index is 0.631. The number of aromatic nitrogens is 4. The monoisotopic (exact) mass is 288 g/mol. The summed E-state index contributed by atoms with van der Waals surface area (Å²) in [6.45, 7) is 2.72. The quantitative estimate of drug-likeness (QED) is 0.751. The summed E-state index contributed by atoms with van der Waals surface area (Å²) in [6, 6.07) is 10.0. The van der Waals surface area contributed by atoms with Crippen molar-refractivity contribution in [1.29, 1.82) is 0 Å². The Morgan fingerprint density at radius 2 is 2.11 bits per heavy atom. The van der Waals surface area contributed by atoms with Gasteiger partial charge in [-0.15, -0.1) is 11.3 Å². The fourth-order valence-electron chi connectivity index (χ4n) is 1.89. The average molecular weight is 288 g/mol. The molecule has 0 aliphatic rings. The molecule has 0 fully saturated rings. The third kappa shape index (κ3) is 2.36. The smallest absolute Gasteiger partial charge is 0.195 e. The number of benzene rings is 1. The lowest BCUT2D eigenvalue weighted by Crippen LogP contribution is -2.02. The Morgan fingerprint density at radius 1 is 1.32 bits per heavy atom. The molecule has 2 heterocycles. The second-order valence-corrected chi connectivity index (χ2v) is 5.49. The van der Waals surface area contributed by atoms with E-state index in [0.29, 0.717) is 11.3 Å². The lowest BCUT2D eigenvalue weighted by Gasteiger charge is -2.05. The van der Waals surface area contributed by atoms with Crippen molar-refractivity contribution in [2.45, 2.75) is 13.5 Å². The molecule has 4 nitrogen and oxygen atoms in total. The van der Waals surface area contributed by atoms with E-state index >= 15 is 0 Å². The van der Waals surface area contributed by atoms with Gasteiger partial charge >= 0.3 is 0 Å². The standard InChI is InChI=1S/C13H12N4S2/c1-9-11(19-8-14-9)7-17-12(15-16-13(17)18)10-5-3-2-4-6-10/h2-6,8H,7H2,1H3,(H,16,18). The van der Waals surface area contributed by atoms with Crippen LogP contribution in [0.1, 0.15) is 10.6 Å². The van der Waals surface area contributed by atoms with Crippen LogP contribution in [0.2, 0.25) is 0 Å². The second-order valence-electron chi connectivity index (χ2n) is 4.17. The molecule has 1 N–H and O–H groups in total. The van der Waals surface area contributed by atoms with E-state index in [-0.39, 0.29) is 0 Å². The normalized spacial score (nSPS) is 10.8. The van der Waals surface area contributed by atoms with E-state index in [1.165, 1.54) is 4.88 Å². The van der Waals surface area contributed by atoms with Crippen LogP contribution in [0, 0.1) is 11.7 Å². The van der Waals surface area contributed by atoms with Gasteiger partial charge in [-0.25, -0.2) is 4.98 Å². The molecule has 19 heavy (non-hydrogen) atoms. The molecule has 0 aliphatic heterocycles. The van der Waals surface area contributed by atoms with Gasteiger partial charge < -0.3 is 0 Å². The lowest BCUT2D eigenvalue weighted by molar-refractivity contribution is 0.795. The van der Waals surface area contributed by atoms with Crippen LogP contribution < -0.4 is 0 Å². The molecule has 3 aromatic rings. The number of H-pyrrole nitrogens is 1. The molecule has 0 bridgehead atoms. The van der Waals surface area contributed by atoms with E-state index in [1.807, 2.05) is 47.3 Å². The molecular formula is C13H12N4S2. The largest absolute Gasteiger partial charge is 0.295 e. The maximum absolute atomic E-state index is 5.32. The Hall–Kier alpha value is -1.79. The average Bonchev–Trinajstić information content (AvgIpc) is 2.99. The zero-order chi connectivity index (χ0) is 13.2. The molecule has 6 heteroatoms. The predicted octanol–water partition coefficient (Wildman–Crippen LogP) is 3.42. The lowest BCUT2D eigenvalue weighted by atomic mass is 10.2. The third-order valence-corrected chi connectivity index (χ3v) is 4.17. The first-order chi connectivity index (χ1) is 9.25. The van der Waals surface area contributed by atoms with Gasteiger partial charge in [-0.2, -0.15) is 5.10 Å². The molecule has 96 valence electrons. The van der Waals surface area contributed by atoms with E-state index in [1.54, 1.807) is 11.3 Å². The second kappa shape index (κ2) is 5.07. The molecular weight excluding hydrogens is 276 g/mol. The predicted molar refractivity (Wildman–Crippen MR) is 78.8 cm³/mol. The Bertz CT molecular complexity index is 739. The van der Waals surface area contributed by atoms with E-state index in [9.17, 15) is 0 Å². The first kappa shape index (κ1) is 12.3. The van der Waals surface area contributed by atoms with Crippen molar-refractivity contribution in [2.24, 2.45) is 0 Å². The van der Waals surface area contributed by atoms with Crippen LogP contribution in [0.3, 0.4) is 0 Å². The van der Waals surface area contributed by atoms with Gasteiger partial charge in [0.2, 0.25) is 0 Å². The highest BCUT2D eigenvalue weighted by Gasteiger charge is 2.11. The SMILES string of the molecule is Cc1ncsc1Cn1c(-c2ccccc2)n[nH]c1=S. The Kier molecular flexibility index (Phi) is 3.27. The minimum Gasteiger partial charge on any atom is -0.295 e. The highest BCUT2D eigenvalue weighted by Crippen LogP contribution is 2.20. The summed E-state index contributed by atoms with van der Waals surface area (Å²) in [5.41, 5.74) is 3.96. The summed E-state index contributed by atoms with van der Waals surface area (Å²) in [6.07, 6.45) is 0. The number of nitrogens with one attached hydrogen (secondary N) is 1. The molecule has 0 saturated carbocycles. The number of rotatable bonds is 3. The molecule has 0 atom stereocenters. The van der Waals surface area contributed by atoms with E-state index < -0.39 is 0 Å². The fraction of sp³-hybridized carbons (Fsp3) is 0.154. The van der Waals surface area contributed by atoms with Crippen molar-refractivity contribution in [3.05, 3.63) is 51.2 Å². The molecule has 3 rings (SSSR count). The molecule has 0 radical (unpaired) electrons. The van der Waals surface area contributed by atoms with Gasteiger partial charge in [0.15, 0.2) is 10.6 Å². The van der Waals surface area contributed by atoms with Crippen molar-refractivity contribution in [3.8, 4) is 11.4 Å². The summed E-state index contributed by atoms with van der Waals surface area (Å²) in [5, 5.41) is 7.19. The van der Waals surface area contributed by atoms with E-state index in [2.05, 4.69) is 15.2 Å². The van der Waals surface area contributed by atoms with Gasteiger partial charge in [0.25, 0.3) is 0 Å². The van der Waals surface area contributed by atoms with E-state index in [0.717, 1.165) is 17.1 Å². The van der Waals surface area contributed by atoms with Crippen LogP contribution in [0.15, 0.2) is 35.8 Å². The number of hydrogen-bond donors (Lipinski definition) is 1. The maximum Gasteiger partial charge on any atom is 0.195 e. The van der Waals surface area contributed by atoms with Crippen molar-refractivity contribution in [2.75, 3.05) is 0 Å². The van der Waals surface area contributed by atoms with Crippen molar-refractivity contribution in [3.63, 3.8) is 0 Å². The first-order valence-electron chi connectivity index (χ1n) is 5.85. The van der Waals surface area contributed by atoms with E-state index in [4.69, 9.17) is 12.2 Å². The topological polar surface area (TPSA) is 46.5 Å². The van der Waals surface area contributed by atoms with Crippen LogP contribution in [0.4, 0.5) is 0 Å². The Balaban J connectivity index is 2.05. The van der Waals surface area contributed by atoms with Crippen molar-refractivity contribution >= 4 is 23.6 Å². The molecule has 0 aliphatic carbocycles. The Morgan fingerprint density at radius 3 is 2.79 bits per heavy atom. The first-order valence-corrected chi connectivity index (χ1v) is 7.14. The molecule has 2 aromatic heterocycles. The van der Waals surface area contributed by atoms with Gasteiger partial charge in [0.05, 0.1) is 17.7 Å².